The molecule has 78 valence electrons. The Balaban J connectivity index is 2.51. The molecule has 1 aromatic carbocycles. The molecule has 0 spiro atoms. The molecule has 0 unspecified atom stereocenters. The van der Waals surface area contributed by atoms with Gasteiger partial charge in [0, 0.05) is 0 Å². The Hall–Kier alpha value is -1.58. The highest BCUT2D eigenvalue weighted by atomic mass is 19.1. The molecule has 1 aliphatic rings. The highest BCUT2D eigenvalue weighted by molar-refractivity contribution is 5.82. The van der Waals surface area contributed by atoms with Crippen LogP contribution in [0, 0.1) is 5.82 Å². The predicted molar refractivity (Wildman–Crippen MR) is 55.5 cm³/mol. The van der Waals surface area contributed by atoms with Crippen molar-refractivity contribution in [2.45, 2.75) is 19.4 Å². The lowest BCUT2D eigenvalue weighted by Gasteiger charge is -2.31. The van der Waals surface area contributed by atoms with Crippen LogP contribution in [0.1, 0.15) is 19.5 Å². The van der Waals surface area contributed by atoms with E-state index in [-0.39, 0.29) is 11.4 Å². The first-order valence-corrected chi connectivity index (χ1v) is 5.00. The van der Waals surface area contributed by atoms with Gasteiger partial charge in [-0.2, -0.15) is 10.1 Å². The Bertz CT molecular complexity index is 569. The standard InChI is InChI=1S/C11H13FN3/c1-11(2)10-9-7(12)5-4-6-8(9)14(3)15(10)13-11/h4-6,13H,1-3H3/q+1. The summed E-state index contributed by atoms with van der Waals surface area (Å²) in [6.07, 6.45) is 0. The quantitative estimate of drug-likeness (QED) is 0.646. The summed E-state index contributed by atoms with van der Waals surface area (Å²) in [5.41, 5.74) is 5.04. The van der Waals surface area contributed by atoms with Gasteiger partial charge in [-0.05, 0) is 26.0 Å². The number of aryl methyl sites for hydroxylation is 1. The lowest BCUT2D eigenvalue weighted by molar-refractivity contribution is -0.731. The number of halogens is 1. The van der Waals surface area contributed by atoms with E-state index < -0.39 is 0 Å². The summed E-state index contributed by atoms with van der Waals surface area (Å²) in [5.74, 6) is -0.147. The summed E-state index contributed by atoms with van der Waals surface area (Å²) in [4.78, 5) is 1.90. The molecule has 0 bridgehead atoms. The van der Waals surface area contributed by atoms with Gasteiger partial charge in [-0.15, -0.1) is 0 Å². The number of rotatable bonds is 0. The van der Waals surface area contributed by atoms with E-state index in [1.54, 1.807) is 6.07 Å². The first-order chi connectivity index (χ1) is 7.02. The van der Waals surface area contributed by atoms with Gasteiger partial charge < -0.3 is 0 Å². The minimum atomic E-state index is -0.151. The van der Waals surface area contributed by atoms with Gasteiger partial charge in [0.2, 0.25) is 0 Å². The smallest absolute Gasteiger partial charge is 0.165 e. The largest absolute Gasteiger partial charge is 0.206 e. The zero-order chi connectivity index (χ0) is 10.8. The van der Waals surface area contributed by atoms with Crippen LogP contribution in [0.4, 0.5) is 4.39 Å². The molecule has 0 amide bonds. The van der Waals surface area contributed by atoms with Crippen molar-refractivity contribution in [2.75, 3.05) is 5.43 Å². The van der Waals surface area contributed by atoms with Crippen molar-refractivity contribution in [2.24, 2.45) is 7.05 Å². The third kappa shape index (κ3) is 0.868. The minimum absolute atomic E-state index is 0.147. The van der Waals surface area contributed by atoms with Crippen LogP contribution >= 0.6 is 0 Å². The van der Waals surface area contributed by atoms with Gasteiger partial charge in [-0.1, -0.05) is 10.9 Å². The Morgan fingerprint density at radius 3 is 2.80 bits per heavy atom. The molecule has 1 N–H and O–H groups in total. The van der Waals surface area contributed by atoms with Crippen LogP contribution < -0.4 is 10.1 Å². The molecule has 3 nitrogen and oxygen atoms in total. The Labute approximate surface area is 87.1 Å². The first kappa shape index (κ1) is 8.71. The number of benzene rings is 1. The number of aromatic nitrogens is 2. The van der Waals surface area contributed by atoms with Crippen LogP contribution in [0.15, 0.2) is 18.2 Å². The summed E-state index contributed by atoms with van der Waals surface area (Å²) in [6.45, 7) is 4.10. The van der Waals surface area contributed by atoms with Crippen LogP contribution in [0.2, 0.25) is 0 Å². The van der Waals surface area contributed by atoms with E-state index in [9.17, 15) is 4.39 Å². The second kappa shape index (κ2) is 2.32. The molecule has 0 fully saturated rings. The first-order valence-electron chi connectivity index (χ1n) is 5.00. The lowest BCUT2D eigenvalue weighted by atomic mass is 9.95. The number of fused-ring (bicyclic) bond motifs is 3. The van der Waals surface area contributed by atoms with Crippen LogP contribution in [-0.4, -0.2) is 4.79 Å². The lowest BCUT2D eigenvalue weighted by Crippen LogP contribution is -2.59. The molecule has 1 aliphatic heterocycles. The van der Waals surface area contributed by atoms with Crippen LogP contribution in [0.25, 0.3) is 10.9 Å². The van der Waals surface area contributed by atoms with Crippen molar-refractivity contribution in [1.29, 1.82) is 0 Å². The molecule has 2 aromatic rings. The maximum absolute atomic E-state index is 13.8. The topological polar surface area (TPSA) is 20.8 Å². The SMILES string of the molecule is C[n+]1c2cccc(F)c2c2n1NC2(C)C. The molecule has 0 saturated carbocycles. The highest BCUT2D eigenvalue weighted by Crippen LogP contribution is 2.35. The van der Waals surface area contributed by atoms with Crippen molar-refractivity contribution in [1.82, 2.24) is 4.79 Å². The van der Waals surface area contributed by atoms with E-state index in [1.165, 1.54) is 6.07 Å². The van der Waals surface area contributed by atoms with Crippen molar-refractivity contribution in [3.63, 3.8) is 0 Å². The molecule has 2 heterocycles. The summed E-state index contributed by atoms with van der Waals surface area (Å²) >= 11 is 0. The Kier molecular flexibility index (Phi) is 1.35. The molecular weight excluding hydrogens is 193 g/mol. The third-order valence-electron chi connectivity index (χ3n) is 3.07. The normalized spacial score (nSPS) is 17.1. The zero-order valence-corrected chi connectivity index (χ0v) is 9.00. The molecule has 0 radical (unpaired) electrons. The molecule has 4 heteroatoms. The summed E-state index contributed by atoms with van der Waals surface area (Å²) in [6, 6.07) is 5.18. The van der Waals surface area contributed by atoms with E-state index in [0.29, 0.717) is 0 Å². The second-order valence-electron chi connectivity index (χ2n) is 4.55. The molecular formula is C11H13FN3+. The molecule has 3 rings (SSSR count). The van der Waals surface area contributed by atoms with Crippen LogP contribution in [-0.2, 0) is 12.6 Å². The van der Waals surface area contributed by atoms with E-state index in [1.807, 2.05) is 36.4 Å². The molecule has 0 saturated heterocycles. The Morgan fingerprint density at radius 1 is 1.40 bits per heavy atom. The average Bonchev–Trinajstić information content (AvgIpc) is 2.40. The molecule has 0 atom stereocenters. The van der Waals surface area contributed by atoms with E-state index >= 15 is 0 Å². The van der Waals surface area contributed by atoms with Crippen molar-refractivity contribution < 1.29 is 9.07 Å². The number of nitrogens with zero attached hydrogens (tertiary/aromatic N) is 2. The van der Waals surface area contributed by atoms with Crippen LogP contribution in [0.5, 0.6) is 0 Å². The number of nitrogens with one attached hydrogen (secondary N) is 1. The number of hydrogen-bond donors (Lipinski definition) is 1. The maximum Gasteiger partial charge on any atom is 0.165 e. The minimum Gasteiger partial charge on any atom is -0.206 e. The molecule has 15 heavy (non-hydrogen) atoms. The average molecular weight is 206 g/mol. The zero-order valence-electron chi connectivity index (χ0n) is 9.00. The highest BCUT2D eigenvalue weighted by Gasteiger charge is 2.46. The fourth-order valence-electron chi connectivity index (χ4n) is 2.35. The van der Waals surface area contributed by atoms with Crippen molar-refractivity contribution in [3.8, 4) is 0 Å². The van der Waals surface area contributed by atoms with E-state index in [2.05, 4.69) is 5.43 Å². The van der Waals surface area contributed by atoms with Gasteiger partial charge >= 0.3 is 0 Å². The summed E-state index contributed by atoms with van der Waals surface area (Å²) < 4.78 is 15.7. The fourth-order valence-corrected chi connectivity index (χ4v) is 2.35. The van der Waals surface area contributed by atoms with Crippen LogP contribution in [0.3, 0.4) is 0 Å². The van der Waals surface area contributed by atoms with Gasteiger partial charge in [0.15, 0.2) is 16.7 Å². The molecule has 0 aliphatic carbocycles. The van der Waals surface area contributed by atoms with Gasteiger partial charge in [0.1, 0.15) is 12.9 Å². The monoisotopic (exact) mass is 206 g/mol. The maximum atomic E-state index is 13.8. The van der Waals surface area contributed by atoms with E-state index in [4.69, 9.17) is 0 Å². The third-order valence-corrected chi connectivity index (χ3v) is 3.07. The van der Waals surface area contributed by atoms with Gasteiger partial charge in [-0.25, -0.2) is 4.39 Å². The summed E-state index contributed by atoms with van der Waals surface area (Å²) in [7, 11) is 1.92. The van der Waals surface area contributed by atoms with Gasteiger partial charge in [0.05, 0.1) is 5.39 Å². The fraction of sp³-hybridized carbons (Fsp3) is 0.364. The predicted octanol–water partition coefficient (Wildman–Crippen LogP) is 1.40. The summed E-state index contributed by atoms with van der Waals surface area (Å²) in [5, 5.41) is 0.726. The van der Waals surface area contributed by atoms with E-state index in [0.717, 1.165) is 16.6 Å². The van der Waals surface area contributed by atoms with Crippen molar-refractivity contribution in [3.05, 3.63) is 29.7 Å². The number of hydrogen-bond acceptors (Lipinski definition) is 1. The van der Waals surface area contributed by atoms with Gasteiger partial charge in [0.25, 0.3) is 0 Å². The molecule has 1 aromatic heterocycles. The Morgan fingerprint density at radius 2 is 2.13 bits per heavy atom. The van der Waals surface area contributed by atoms with Gasteiger partial charge in [-0.3, -0.25) is 0 Å². The second-order valence-corrected chi connectivity index (χ2v) is 4.55. The van der Waals surface area contributed by atoms with Crippen molar-refractivity contribution >= 4 is 10.9 Å².